The van der Waals surface area contributed by atoms with Crippen molar-refractivity contribution in [3.05, 3.63) is 81.5 Å². The van der Waals surface area contributed by atoms with Gasteiger partial charge >= 0.3 is 0 Å². The van der Waals surface area contributed by atoms with Crippen molar-refractivity contribution in [2.24, 2.45) is 0 Å². The first-order chi connectivity index (χ1) is 15.5. The van der Waals surface area contributed by atoms with Gasteiger partial charge in [0, 0.05) is 25.9 Å². The lowest BCUT2D eigenvalue weighted by Gasteiger charge is -2.15. The monoisotopic (exact) mass is 436 g/mol. The van der Waals surface area contributed by atoms with Gasteiger partial charge in [-0.2, -0.15) is 0 Å². The van der Waals surface area contributed by atoms with Crippen LogP contribution in [0.15, 0.2) is 53.5 Å². The molecule has 1 amide bonds. The summed E-state index contributed by atoms with van der Waals surface area (Å²) in [6, 6.07) is 13.5. The van der Waals surface area contributed by atoms with Crippen LogP contribution in [0.2, 0.25) is 0 Å². The number of hydrogen-bond acceptors (Lipinski definition) is 7. The number of carbonyl (C=O) groups is 1. The van der Waals surface area contributed by atoms with E-state index in [0.717, 1.165) is 23.2 Å². The number of anilines is 2. The van der Waals surface area contributed by atoms with Crippen LogP contribution in [0, 0.1) is 6.92 Å². The Morgan fingerprint density at radius 2 is 1.97 bits per heavy atom. The fourth-order valence-corrected chi connectivity index (χ4v) is 3.24. The molecule has 0 unspecified atom stereocenters. The molecule has 32 heavy (non-hydrogen) atoms. The molecule has 2 heterocycles. The number of aromatic nitrogens is 3. The molecular weight excluding hydrogens is 408 g/mol. The van der Waals surface area contributed by atoms with Gasteiger partial charge in [0.15, 0.2) is 5.82 Å². The van der Waals surface area contributed by atoms with Crippen molar-refractivity contribution in [2.75, 3.05) is 24.7 Å². The highest BCUT2D eigenvalue weighted by Gasteiger charge is 2.14. The normalized spacial score (nSPS) is 10.7. The Hall–Kier alpha value is -3.72. The molecule has 0 radical (unpaired) electrons. The molecular formula is C23H28N6O3. The van der Waals surface area contributed by atoms with Gasteiger partial charge in [-0.3, -0.25) is 14.2 Å². The Morgan fingerprint density at radius 1 is 1.19 bits per heavy atom. The molecule has 0 aliphatic rings. The Bertz CT molecular complexity index is 1110. The Morgan fingerprint density at radius 3 is 2.69 bits per heavy atom. The van der Waals surface area contributed by atoms with Gasteiger partial charge in [-0.15, -0.1) is 0 Å². The van der Waals surface area contributed by atoms with E-state index in [1.54, 1.807) is 12.3 Å². The molecule has 0 fully saturated rings. The van der Waals surface area contributed by atoms with Gasteiger partial charge in [-0.05, 0) is 30.5 Å². The molecule has 3 aromatic rings. The molecule has 0 bridgehead atoms. The third-order valence-corrected chi connectivity index (χ3v) is 4.97. The van der Waals surface area contributed by atoms with Gasteiger partial charge < -0.3 is 21.1 Å². The molecule has 0 spiro atoms. The average molecular weight is 437 g/mol. The van der Waals surface area contributed by atoms with Crippen LogP contribution in [-0.2, 0) is 35.6 Å². The lowest BCUT2D eigenvalue weighted by Crippen LogP contribution is -2.35. The average Bonchev–Trinajstić information content (AvgIpc) is 2.78. The van der Waals surface area contributed by atoms with Crippen LogP contribution in [0.4, 0.5) is 11.6 Å². The number of nitrogens with zero attached hydrogens (tertiary/aromatic N) is 3. The van der Waals surface area contributed by atoms with Gasteiger partial charge in [-0.25, -0.2) is 9.97 Å². The molecule has 0 atom stereocenters. The lowest BCUT2D eigenvalue weighted by molar-refractivity contribution is -0.121. The fraction of sp³-hybridized carbons (Fsp3) is 0.304. The number of methoxy groups -OCH3 is 1. The summed E-state index contributed by atoms with van der Waals surface area (Å²) in [5, 5.41) is 5.91. The van der Waals surface area contributed by atoms with E-state index in [0.29, 0.717) is 24.6 Å². The van der Waals surface area contributed by atoms with Gasteiger partial charge in [0.25, 0.3) is 5.56 Å². The maximum absolute atomic E-state index is 13.0. The Kier molecular flexibility index (Phi) is 7.93. The van der Waals surface area contributed by atoms with Crippen LogP contribution in [-0.4, -0.2) is 34.1 Å². The van der Waals surface area contributed by atoms with E-state index in [4.69, 9.17) is 10.5 Å². The maximum Gasteiger partial charge on any atom is 0.294 e. The molecule has 2 aromatic heterocycles. The summed E-state index contributed by atoms with van der Waals surface area (Å²) in [6.45, 7) is 2.69. The third-order valence-electron chi connectivity index (χ3n) is 4.97. The second-order valence-corrected chi connectivity index (χ2v) is 7.34. The summed E-state index contributed by atoms with van der Waals surface area (Å²) < 4.78 is 6.55. The molecule has 9 heteroatoms. The first kappa shape index (κ1) is 23.0. The largest absolute Gasteiger partial charge is 0.384 e. The fourth-order valence-electron chi connectivity index (χ4n) is 3.24. The van der Waals surface area contributed by atoms with Gasteiger partial charge in [0.2, 0.25) is 5.91 Å². The van der Waals surface area contributed by atoms with E-state index in [2.05, 4.69) is 20.6 Å². The predicted molar refractivity (Wildman–Crippen MR) is 123 cm³/mol. The van der Waals surface area contributed by atoms with Crippen molar-refractivity contribution in [1.82, 2.24) is 19.9 Å². The highest BCUT2D eigenvalue weighted by Crippen LogP contribution is 2.08. The van der Waals surface area contributed by atoms with Crippen LogP contribution < -0.4 is 21.9 Å². The van der Waals surface area contributed by atoms with Crippen molar-refractivity contribution < 1.29 is 9.53 Å². The zero-order chi connectivity index (χ0) is 22.9. The smallest absolute Gasteiger partial charge is 0.294 e. The first-order valence-corrected chi connectivity index (χ1v) is 10.3. The van der Waals surface area contributed by atoms with Crippen molar-refractivity contribution in [2.45, 2.75) is 33.0 Å². The van der Waals surface area contributed by atoms with E-state index in [-0.39, 0.29) is 30.4 Å². The van der Waals surface area contributed by atoms with Crippen LogP contribution in [0.1, 0.15) is 22.5 Å². The van der Waals surface area contributed by atoms with Crippen LogP contribution in [0.5, 0.6) is 0 Å². The molecule has 0 aliphatic carbocycles. The van der Waals surface area contributed by atoms with E-state index >= 15 is 0 Å². The number of nitrogens with one attached hydrogen (secondary N) is 2. The highest BCUT2D eigenvalue weighted by atomic mass is 16.5. The number of hydrogen-bond donors (Lipinski definition) is 3. The molecule has 0 saturated heterocycles. The van der Waals surface area contributed by atoms with Gasteiger partial charge in [-0.1, -0.05) is 36.4 Å². The number of pyridine rings is 1. The standard InChI is InChI=1S/C23H28N6O3/c1-16-18(8-9-20(24)28-16)12-26-21(30)14-29-19(15-32-2)13-27-22(23(29)31)25-11-10-17-6-4-3-5-7-17/h3-9,13H,10-12,14-15H2,1-2H3,(H2,24,28)(H,25,27)(H,26,30). The second kappa shape index (κ2) is 11.1. The van der Waals surface area contributed by atoms with Crippen molar-refractivity contribution in [1.29, 1.82) is 0 Å². The minimum Gasteiger partial charge on any atom is -0.384 e. The molecule has 0 saturated carbocycles. The summed E-state index contributed by atoms with van der Waals surface area (Å²) >= 11 is 0. The van der Waals surface area contributed by atoms with Crippen LogP contribution >= 0.6 is 0 Å². The van der Waals surface area contributed by atoms with Crippen molar-refractivity contribution in [3.8, 4) is 0 Å². The predicted octanol–water partition coefficient (Wildman–Crippen LogP) is 1.65. The summed E-state index contributed by atoms with van der Waals surface area (Å²) in [5.41, 5.74) is 8.58. The summed E-state index contributed by atoms with van der Waals surface area (Å²) in [5.74, 6) is 0.326. The van der Waals surface area contributed by atoms with Crippen molar-refractivity contribution >= 4 is 17.5 Å². The van der Waals surface area contributed by atoms with E-state index < -0.39 is 0 Å². The van der Waals surface area contributed by atoms with Crippen LogP contribution in [0.3, 0.4) is 0 Å². The van der Waals surface area contributed by atoms with Gasteiger partial charge in [0.05, 0.1) is 18.5 Å². The zero-order valence-corrected chi connectivity index (χ0v) is 18.3. The number of nitrogen functional groups attached to an aromatic ring is 1. The number of rotatable bonds is 10. The Labute approximate surface area is 186 Å². The molecule has 0 aliphatic heterocycles. The zero-order valence-electron chi connectivity index (χ0n) is 18.3. The SMILES string of the molecule is COCc1cnc(NCCc2ccccc2)c(=O)n1CC(=O)NCc1ccc(N)nc1C. The number of ether oxygens (including phenoxy) is 1. The quantitative estimate of drug-likeness (QED) is 0.441. The molecule has 168 valence electrons. The minimum absolute atomic E-state index is 0.144. The minimum atomic E-state index is -0.368. The summed E-state index contributed by atoms with van der Waals surface area (Å²) in [4.78, 5) is 34.0. The van der Waals surface area contributed by atoms with E-state index in [1.165, 1.54) is 11.7 Å². The number of nitrogens with two attached hydrogens (primary N) is 1. The molecule has 4 N–H and O–H groups in total. The third kappa shape index (κ3) is 6.14. The highest BCUT2D eigenvalue weighted by molar-refractivity contribution is 5.75. The number of aryl methyl sites for hydroxylation is 1. The number of amides is 1. The summed E-state index contributed by atoms with van der Waals surface area (Å²) in [7, 11) is 1.53. The van der Waals surface area contributed by atoms with Crippen LogP contribution in [0.25, 0.3) is 0 Å². The maximum atomic E-state index is 13.0. The molecule has 9 nitrogen and oxygen atoms in total. The number of carbonyl (C=O) groups excluding carboxylic acids is 1. The second-order valence-electron chi connectivity index (χ2n) is 7.34. The number of benzene rings is 1. The van der Waals surface area contributed by atoms with E-state index in [9.17, 15) is 9.59 Å². The van der Waals surface area contributed by atoms with Gasteiger partial charge in [0.1, 0.15) is 12.4 Å². The Balaban J connectivity index is 1.68. The molecule has 3 rings (SSSR count). The topological polar surface area (TPSA) is 124 Å². The lowest BCUT2D eigenvalue weighted by atomic mass is 10.1. The van der Waals surface area contributed by atoms with E-state index in [1.807, 2.05) is 43.3 Å². The first-order valence-electron chi connectivity index (χ1n) is 10.3. The van der Waals surface area contributed by atoms with Crippen molar-refractivity contribution in [3.63, 3.8) is 0 Å². The summed E-state index contributed by atoms with van der Waals surface area (Å²) in [6.07, 6.45) is 2.30. The molecule has 1 aromatic carbocycles.